The standard InChI is InChI=1S/C16H26N2O3S2/c1-12(2)9-14(15-5-4-7-22-15)17-16(19)10-18(3)13-6-8-23(20,21)11-13/h4-5,7,12-14H,6,8-11H2,1-3H3,(H,17,19). The molecule has 0 bridgehead atoms. The fraction of sp³-hybridized carbons (Fsp3) is 0.688. The number of sulfone groups is 1. The Morgan fingerprint density at radius 1 is 1.48 bits per heavy atom. The highest BCUT2D eigenvalue weighted by molar-refractivity contribution is 7.91. The molecule has 2 rings (SSSR count). The molecule has 7 heteroatoms. The Balaban J connectivity index is 1.91. The van der Waals surface area contributed by atoms with Crippen molar-refractivity contribution >= 4 is 27.1 Å². The van der Waals surface area contributed by atoms with Crippen LogP contribution in [0, 0.1) is 5.92 Å². The number of carbonyl (C=O) groups is 1. The van der Waals surface area contributed by atoms with Crippen molar-refractivity contribution in [3.8, 4) is 0 Å². The molecule has 1 aliphatic rings. The second kappa shape index (κ2) is 7.77. The molecule has 1 aliphatic heterocycles. The quantitative estimate of drug-likeness (QED) is 0.810. The van der Waals surface area contributed by atoms with Gasteiger partial charge >= 0.3 is 0 Å². The van der Waals surface area contributed by atoms with E-state index in [9.17, 15) is 13.2 Å². The molecule has 23 heavy (non-hydrogen) atoms. The lowest BCUT2D eigenvalue weighted by molar-refractivity contribution is -0.123. The first kappa shape index (κ1) is 18.4. The molecule has 0 radical (unpaired) electrons. The van der Waals surface area contributed by atoms with Crippen molar-refractivity contribution in [2.75, 3.05) is 25.1 Å². The van der Waals surface area contributed by atoms with Crippen LogP contribution in [0.2, 0.25) is 0 Å². The van der Waals surface area contributed by atoms with E-state index in [2.05, 4.69) is 19.2 Å². The predicted octanol–water partition coefficient (Wildman–Crippen LogP) is 2.07. The first-order chi connectivity index (χ1) is 10.8. The Hall–Kier alpha value is -0.920. The number of likely N-dealkylation sites (N-methyl/N-ethyl adjacent to an activating group) is 1. The maximum atomic E-state index is 12.4. The molecule has 1 N–H and O–H groups in total. The van der Waals surface area contributed by atoms with Crippen LogP contribution in [0.15, 0.2) is 17.5 Å². The van der Waals surface area contributed by atoms with Crippen molar-refractivity contribution in [1.29, 1.82) is 0 Å². The molecule has 1 fully saturated rings. The van der Waals surface area contributed by atoms with Gasteiger partial charge in [-0.15, -0.1) is 11.3 Å². The highest BCUT2D eigenvalue weighted by atomic mass is 32.2. The van der Waals surface area contributed by atoms with E-state index in [1.807, 2.05) is 29.5 Å². The molecule has 2 unspecified atom stereocenters. The maximum Gasteiger partial charge on any atom is 0.234 e. The molecule has 1 amide bonds. The van der Waals surface area contributed by atoms with Gasteiger partial charge in [-0.3, -0.25) is 9.69 Å². The highest BCUT2D eigenvalue weighted by Gasteiger charge is 2.31. The average molecular weight is 359 g/mol. The number of carbonyl (C=O) groups excluding carboxylic acids is 1. The van der Waals surface area contributed by atoms with Crippen LogP contribution in [0.4, 0.5) is 0 Å². The van der Waals surface area contributed by atoms with Crippen LogP contribution >= 0.6 is 11.3 Å². The van der Waals surface area contributed by atoms with E-state index in [0.29, 0.717) is 12.3 Å². The highest BCUT2D eigenvalue weighted by Crippen LogP contribution is 2.25. The van der Waals surface area contributed by atoms with Crippen LogP contribution in [-0.4, -0.2) is 50.4 Å². The summed E-state index contributed by atoms with van der Waals surface area (Å²) in [6.07, 6.45) is 1.51. The first-order valence-corrected chi connectivity index (χ1v) is 10.7. The minimum absolute atomic E-state index is 0.0308. The summed E-state index contributed by atoms with van der Waals surface area (Å²) in [6.45, 7) is 4.52. The van der Waals surface area contributed by atoms with Crippen LogP contribution < -0.4 is 5.32 Å². The minimum atomic E-state index is -2.92. The van der Waals surface area contributed by atoms with Crippen LogP contribution in [0.5, 0.6) is 0 Å². The van der Waals surface area contributed by atoms with Gasteiger partial charge in [-0.1, -0.05) is 19.9 Å². The fourth-order valence-corrected chi connectivity index (χ4v) is 5.52. The third-order valence-corrected chi connectivity index (χ3v) is 6.89. The predicted molar refractivity (Wildman–Crippen MR) is 94.3 cm³/mol. The maximum absolute atomic E-state index is 12.4. The van der Waals surface area contributed by atoms with Gasteiger partial charge in [-0.05, 0) is 37.3 Å². The van der Waals surface area contributed by atoms with Crippen molar-refractivity contribution in [1.82, 2.24) is 10.2 Å². The zero-order valence-corrected chi connectivity index (χ0v) is 15.6. The van der Waals surface area contributed by atoms with Gasteiger partial charge in [-0.25, -0.2) is 8.42 Å². The summed E-state index contributed by atoms with van der Waals surface area (Å²) in [6, 6.07) is 4.03. The van der Waals surface area contributed by atoms with E-state index in [-0.39, 0.29) is 36.0 Å². The Labute approximate surface area is 143 Å². The van der Waals surface area contributed by atoms with Crippen LogP contribution in [-0.2, 0) is 14.6 Å². The summed E-state index contributed by atoms with van der Waals surface area (Å²) in [5.41, 5.74) is 0. The van der Waals surface area contributed by atoms with Crippen molar-refractivity contribution in [3.63, 3.8) is 0 Å². The van der Waals surface area contributed by atoms with Crippen LogP contribution in [0.1, 0.15) is 37.6 Å². The lowest BCUT2D eigenvalue weighted by Crippen LogP contribution is -2.42. The lowest BCUT2D eigenvalue weighted by atomic mass is 10.0. The summed E-state index contributed by atoms with van der Waals surface area (Å²) in [7, 11) is -1.10. The first-order valence-electron chi connectivity index (χ1n) is 8.00. The fourth-order valence-electron chi connectivity index (χ4n) is 2.93. The summed E-state index contributed by atoms with van der Waals surface area (Å²) >= 11 is 1.65. The van der Waals surface area contributed by atoms with Crippen molar-refractivity contribution in [2.24, 2.45) is 5.92 Å². The zero-order chi connectivity index (χ0) is 17.0. The van der Waals surface area contributed by atoms with E-state index in [1.165, 1.54) is 0 Å². The van der Waals surface area contributed by atoms with Gasteiger partial charge in [0.1, 0.15) is 0 Å². The number of hydrogen-bond acceptors (Lipinski definition) is 5. The van der Waals surface area contributed by atoms with E-state index in [1.54, 1.807) is 11.3 Å². The van der Waals surface area contributed by atoms with Gasteiger partial charge in [0.25, 0.3) is 0 Å². The van der Waals surface area contributed by atoms with Crippen LogP contribution in [0.25, 0.3) is 0 Å². The number of nitrogens with zero attached hydrogens (tertiary/aromatic N) is 1. The monoisotopic (exact) mass is 358 g/mol. The molecule has 0 aliphatic carbocycles. The third-order valence-electron chi connectivity index (χ3n) is 4.15. The van der Waals surface area contributed by atoms with Crippen LogP contribution in [0.3, 0.4) is 0 Å². The Kier molecular flexibility index (Phi) is 6.22. The molecule has 0 aromatic carbocycles. The number of amides is 1. The number of hydrogen-bond donors (Lipinski definition) is 1. The van der Waals surface area contributed by atoms with Gasteiger partial charge in [-0.2, -0.15) is 0 Å². The normalized spacial score (nSPS) is 21.7. The number of nitrogens with one attached hydrogen (secondary N) is 1. The van der Waals surface area contributed by atoms with Gasteiger partial charge in [0.15, 0.2) is 9.84 Å². The molecule has 2 heterocycles. The third kappa shape index (κ3) is 5.58. The smallest absolute Gasteiger partial charge is 0.234 e. The van der Waals surface area contributed by atoms with Gasteiger partial charge in [0, 0.05) is 10.9 Å². The molecular formula is C16H26N2O3S2. The minimum Gasteiger partial charge on any atom is -0.347 e. The van der Waals surface area contributed by atoms with Crippen molar-refractivity contribution in [2.45, 2.75) is 38.8 Å². The van der Waals surface area contributed by atoms with E-state index < -0.39 is 9.84 Å². The molecule has 5 nitrogen and oxygen atoms in total. The van der Waals surface area contributed by atoms with Crippen molar-refractivity contribution < 1.29 is 13.2 Å². The Morgan fingerprint density at radius 3 is 2.74 bits per heavy atom. The van der Waals surface area contributed by atoms with E-state index in [0.717, 1.165) is 11.3 Å². The van der Waals surface area contributed by atoms with E-state index >= 15 is 0 Å². The molecule has 1 aromatic heterocycles. The largest absolute Gasteiger partial charge is 0.347 e. The van der Waals surface area contributed by atoms with Gasteiger partial charge < -0.3 is 5.32 Å². The lowest BCUT2D eigenvalue weighted by Gasteiger charge is -2.25. The second-order valence-corrected chi connectivity index (χ2v) is 9.95. The summed E-state index contributed by atoms with van der Waals surface area (Å²) in [5, 5.41) is 5.12. The summed E-state index contributed by atoms with van der Waals surface area (Å²) < 4.78 is 23.1. The summed E-state index contributed by atoms with van der Waals surface area (Å²) in [5.74, 6) is 0.835. The topological polar surface area (TPSA) is 66.5 Å². The molecule has 0 saturated carbocycles. The van der Waals surface area contributed by atoms with E-state index in [4.69, 9.17) is 0 Å². The summed E-state index contributed by atoms with van der Waals surface area (Å²) in [4.78, 5) is 15.4. The van der Waals surface area contributed by atoms with Crippen molar-refractivity contribution in [3.05, 3.63) is 22.4 Å². The van der Waals surface area contributed by atoms with Gasteiger partial charge in [0.2, 0.25) is 5.91 Å². The average Bonchev–Trinajstić information content (AvgIpc) is 3.06. The molecule has 1 saturated heterocycles. The number of rotatable bonds is 7. The van der Waals surface area contributed by atoms with Gasteiger partial charge in [0.05, 0.1) is 24.1 Å². The molecule has 2 atom stereocenters. The zero-order valence-electron chi connectivity index (χ0n) is 14.0. The molecular weight excluding hydrogens is 332 g/mol. The molecule has 0 spiro atoms. The molecule has 130 valence electrons. The second-order valence-electron chi connectivity index (χ2n) is 6.74. The molecule has 1 aromatic rings. The Bertz CT molecular complexity index is 611. The number of thiophene rings is 1. The SMILES string of the molecule is CC(C)CC(NC(=O)CN(C)C1CCS(=O)(=O)C1)c1cccs1. The Morgan fingerprint density at radius 2 is 2.22 bits per heavy atom.